The lowest BCUT2D eigenvalue weighted by Crippen LogP contribution is -2.50. The van der Waals surface area contributed by atoms with Crippen LogP contribution in [0.5, 0.6) is 11.5 Å². The summed E-state index contributed by atoms with van der Waals surface area (Å²) in [4.78, 5) is 32.3. The van der Waals surface area contributed by atoms with E-state index >= 15 is 0 Å². The minimum Gasteiger partial charge on any atom is -0.454 e. The summed E-state index contributed by atoms with van der Waals surface area (Å²) in [5.41, 5.74) is 2.10. The molecule has 7 heteroatoms. The van der Waals surface area contributed by atoms with Crippen LogP contribution in [0.4, 0.5) is 0 Å². The van der Waals surface area contributed by atoms with Gasteiger partial charge in [-0.05, 0) is 30.3 Å². The number of nitrogens with zero attached hydrogens (tertiary/aromatic N) is 2. The Morgan fingerprint density at radius 2 is 1.54 bits per heavy atom. The van der Waals surface area contributed by atoms with Gasteiger partial charge in [-0.15, -0.1) is 0 Å². The van der Waals surface area contributed by atoms with Gasteiger partial charge in [0.2, 0.25) is 6.79 Å². The van der Waals surface area contributed by atoms with Gasteiger partial charge in [0.15, 0.2) is 11.5 Å². The van der Waals surface area contributed by atoms with Gasteiger partial charge in [-0.1, -0.05) is 18.2 Å². The number of hydrogen-bond donors (Lipinski definition) is 1. The lowest BCUT2D eigenvalue weighted by atomic mass is 10.1. The third kappa shape index (κ3) is 2.85. The highest BCUT2D eigenvalue weighted by molar-refractivity contribution is 5.98. The maximum absolute atomic E-state index is 12.8. The zero-order valence-corrected chi connectivity index (χ0v) is 15.2. The highest BCUT2D eigenvalue weighted by Crippen LogP contribution is 2.32. The van der Waals surface area contributed by atoms with Crippen LogP contribution in [0, 0.1) is 0 Å². The van der Waals surface area contributed by atoms with Crippen LogP contribution in [0.25, 0.3) is 10.9 Å². The number of aromatic nitrogens is 1. The molecule has 0 saturated carbocycles. The molecule has 3 heterocycles. The summed E-state index contributed by atoms with van der Waals surface area (Å²) in [6, 6.07) is 14.9. The predicted octanol–water partition coefficient (Wildman–Crippen LogP) is 2.49. The third-order valence-corrected chi connectivity index (χ3v) is 5.23. The molecule has 2 aliphatic heterocycles. The van der Waals surface area contributed by atoms with E-state index in [2.05, 4.69) is 4.98 Å². The van der Waals surface area contributed by atoms with Crippen molar-refractivity contribution < 1.29 is 19.1 Å². The molecule has 7 nitrogen and oxygen atoms in total. The fraction of sp³-hybridized carbons (Fsp3) is 0.238. The van der Waals surface area contributed by atoms with E-state index in [4.69, 9.17) is 9.47 Å². The number of amides is 2. The number of rotatable bonds is 2. The van der Waals surface area contributed by atoms with Gasteiger partial charge in [-0.3, -0.25) is 9.59 Å². The molecule has 142 valence electrons. The van der Waals surface area contributed by atoms with Crippen molar-refractivity contribution in [2.45, 2.75) is 0 Å². The molecule has 5 rings (SSSR count). The number of para-hydroxylation sites is 1. The number of carbonyl (C=O) groups excluding carboxylic acids is 2. The van der Waals surface area contributed by atoms with Gasteiger partial charge in [-0.25, -0.2) is 0 Å². The quantitative estimate of drug-likeness (QED) is 0.745. The van der Waals surface area contributed by atoms with Gasteiger partial charge in [0.1, 0.15) is 5.69 Å². The van der Waals surface area contributed by atoms with E-state index in [1.54, 1.807) is 28.0 Å². The number of ether oxygens (including phenoxy) is 2. The maximum Gasteiger partial charge on any atom is 0.270 e. The van der Waals surface area contributed by atoms with Crippen molar-refractivity contribution in [1.82, 2.24) is 14.8 Å². The first-order chi connectivity index (χ1) is 13.7. The minimum absolute atomic E-state index is 0.0358. The molecule has 2 aliphatic rings. The van der Waals surface area contributed by atoms with Crippen molar-refractivity contribution in [3.05, 3.63) is 59.8 Å². The second-order valence-electron chi connectivity index (χ2n) is 6.92. The second kappa shape index (κ2) is 6.60. The topological polar surface area (TPSA) is 74.9 Å². The first-order valence-electron chi connectivity index (χ1n) is 9.25. The monoisotopic (exact) mass is 377 g/mol. The number of piperazine rings is 1. The standard InChI is InChI=1S/C21H19N3O4/c25-20(15-5-6-18-19(12-15)28-13-27-18)23-7-9-24(10-8-23)21(26)17-11-14-3-1-2-4-16(14)22-17/h1-6,11-12,22H,7-10,13H2. The van der Waals surface area contributed by atoms with Crippen LogP contribution in [-0.2, 0) is 0 Å². The molecule has 28 heavy (non-hydrogen) atoms. The molecule has 0 bridgehead atoms. The Balaban J connectivity index is 1.25. The van der Waals surface area contributed by atoms with Crippen molar-refractivity contribution >= 4 is 22.7 Å². The highest BCUT2D eigenvalue weighted by atomic mass is 16.7. The minimum atomic E-state index is -0.0592. The average Bonchev–Trinajstić information content (AvgIpc) is 3.39. The van der Waals surface area contributed by atoms with Gasteiger partial charge < -0.3 is 24.3 Å². The molecule has 2 aromatic carbocycles. The smallest absolute Gasteiger partial charge is 0.270 e. The number of fused-ring (bicyclic) bond motifs is 2. The second-order valence-corrected chi connectivity index (χ2v) is 6.92. The average molecular weight is 377 g/mol. The number of H-pyrrole nitrogens is 1. The molecular weight excluding hydrogens is 358 g/mol. The first-order valence-corrected chi connectivity index (χ1v) is 9.25. The largest absolute Gasteiger partial charge is 0.454 e. The van der Waals surface area contributed by atoms with E-state index in [1.807, 2.05) is 30.3 Å². The summed E-state index contributed by atoms with van der Waals surface area (Å²) in [6.45, 7) is 2.19. The number of hydrogen-bond acceptors (Lipinski definition) is 4. The molecule has 1 aromatic heterocycles. The van der Waals surface area contributed by atoms with Gasteiger partial charge in [-0.2, -0.15) is 0 Å². The number of nitrogens with one attached hydrogen (secondary N) is 1. The Morgan fingerprint density at radius 3 is 2.32 bits per heavy atom. The Hall–Kier alpha value is -3.48. The molecule has 0 aliphatic carbocycles. The summed E-state index contributed by atoms with van der Waals surface area (Å²) in [6.07, 6.45) is 0. The molecule has 1 fully saturated rings. The van der Waals surface area contributed by atoms with E-state index in [1.165, 1.54) is 0 Å². The SMILES string of the molecule is O=C(c1ccc2c(c1)OCO2)N1CCN(C(=O)c2cc3ccccc3[nH]2)CC1. The molecule has 3 aromatic rings. The van der Waals surface area contributed by atoms with Gasteiger partial charge in [0.05, 0.1) is 0 Å². The van der Waals surface area contributed by atoms with Crippen molar-refractivity contribution in [3.63, 3.8) is 0 Å². The van der Waals surface area contributed by atoms with Crippen LogP contribution in [0.1, 0.15) is 20.8 Å². The highest BCUT2D eigenvalue weighted by Gasteiger charge is 2.27. The van der Waals surface area contributed by atoms with E-state index < -0.39 is 0 Å². The number of benzene rings is 2. The molecule has 0 atom stereocenters. The summed E-state index contributed by atoms with van der Waals surface area (Å²) in [7, 11) is 0. The lowest BCUT2D eigenvalue weighted by Gasteiger charge is -2.34. The van der Waals surface area contributed by atoms with Crippen molar-refractivity contribution in [1.29, 1.82) is 0 Å². The van der Waals surface area contributed by atoms with Crippen LogP contribution in [0.3, 0.4) is 0 Å². The van der Waals surface area contributed by atoms with Crippen molar-refractivity contribution in [3.8, 4) is 11.5 Å². The van der Waals surface area contributed by atoms with Gasteiger partial charge >= 0.3 is 0 Å². The van der Waals surface area contributed by atoms with Crippen LogP contribution < -0.4 is 9.47 Å². The molecule has 0 radical (unpaired) electrons. The van der Waals surface area contributed by atoms with Crippen LogP contribution in [0.2, 0.25) is 0 Å². The van der Waals surface area contributed by atoms with Gasteiger partial charge in [0, 0.05) is 42.6 Å². The van der Waals surface area contributed by atoms with Gasteiger partial charge in [0.25, 0.3) is 11.8 Å². The van der Waals surface area contributed by atoms with E-state index in [0.29, 0.717) is 48.9 Å². The van der Waals surface area contributed by atoms with E-state index in [0.717, 1.165) is 10.9 Å². The van der Waals surface area contributed by atoms with Crippen LogP contribution >= 0.6 is 0 Å². The number of aromatic amines is 1. The first kappa shape index (κ1) is 16.7. The molecule has 2 amide bonds. The molecule has 0 unspecified atom stereocenters. The summed E-state index contributed by atoms with van der Waals surface area (Å²) < 4.78 is 10.6. The lowest BCUT2D eigenvalue weighted by molar-refractivity contribution is 0.0532. The molecular formula is C21H19N3O4. The molecule has 1 N–H and O–H groups in total. The Kier molecular flexibility index (Phi) is 3.93. The predicted molar refractivity (Wildman–Crippen MR) is 103 cm³/mol. The maximum atomic E-state index is 12.8. The zero-order valence-electron chi connectivity index (χ0n) is 15.2. The van der Waals surface area contributed by atoms with E-state index in [-0.39, 0.29) is 18.6 Å². The molecule has 1 saturated heterocycles. The Labute approximate surface area is 161 Å². The van der Waals surface area contributed by atoms with Crippen LogP contribution in [0.15, 0.2) is 48.5 Å². The number of carbonyl (C=O) groups is 2. The third-order valence-electron chi connectivity index (χ3n) is 5.23. The summed E-state index contributed by atoms with van der Waals surface area (Å²) in [5.74, 6) is 1.16. The van der Waals surface area contributed by atoms with Crippen LogP contribution in [-0.4, -0.2) is 59.6 Å². The summed E-state index contributed by atoms with van der Waals surface area (Å²) >= 11 is 0. The van der Waals surface area contributed by atoms with Crippen molar-refractivity contribution in [2.75, 3.05) is 33.0 Å². The Bertz CT molecular complexity index is 1030. The Morgan fingerprint density at radius 1 is 0.821 bits per heavy atom. The normalized spacial score (nSPS) is 15.9. The zero-order chi connectivity index (χ0) is 19.1. The molecule has 0 spiro atoms. The van der Waals surface area contributed by atoms with Crippen molar-refractivity contribution in [2.24, 2.45) is 0 Å². The fourth-order valence-corrected chi connectivity index (χ4v) is 3.68. The van der Waals surface area contributed by atoms with E-state index in [9.17, 15) is 9.59 Å². The fourth-order valence-electron chi connectivity index (χ4n) is 3.68. The summed E-state index contributed by atoms with van der Waals surface area (Å²) in [5, 5.41) is 1.02.